The molecule has 0 unspecified atom stereocenters. The number of halogens is 2. The van der Waals surface area contributed by atoms with Crippen LogP contribution in [0.4, 0.5) is 19.6 Å². The number of nitrogens with two attached hydrogens (primary N) is 1. The lowest BCUT2D eigenvalue weighted by molar-refractivity contribution is 0.0215. The van der Waals surface area contributed by atoms with Crippen molar-refractivity contribution in [1.82, 2.24) is 4.98 Å². The van der Waals surface area contributed by atoms with Gasteiger partial charge in [0.2, 0.25) is 0 Å². The van der Waals surface area contributed by atoms with Gasteiger partial charge in [-0.15, -0.1) is 0 Å². The summed E-state index contributed by atoms with van der Waals surface area (Å²) in [4.78, 5) is 4.33. The zero-order valence-corrected chi connectivity index (χ0v) is 10.3. The van der Waals surface area contributed by atoms with Gasteiger partial charge in [-0.1, -0.05) is 11.3 Å². The van der Waals surface area contributed by atoms with E-state index < -0.39 is 13.0 Å². The predicted octanol–water partition coefficient (Wildman–Crippen LogP) is 2.57. The molecule has 0 saturated carbocycles. The number of thiazole rings is 1. The third-order valence-electron chi connectivity index (χ3n) is 2.18. The van der Waals surface area contributed by atoms with Crippen LogP contribution in [-0.4, -0.2) is 31.2 Å². The van der Waals surface area contributed by atoms with E-state index >= 15 is 0 Å². The van der Waals surface area contributed by atoms with Gasteiger partial charge in [-0.05, 0) is 18.2 Å². The maximum absolute atomic E-state index is 11.8. The van der Waals surface area contributed by atoms with Gasteiger partial charge >= 0.3 is 0 Å². The van der Waals surface area contributed by atoms with E-state index in [0.717, 1.165) is 15.3 Å². The van der Waals surface area contributed by atoms with E-state index in [9.17, 15) is 8.78 Å². The average molecular weight is 273 g/mol. The van der Waals surface area contributed by atoms with Gasteiger partial charge in [0.05, 0.1) is 16.8 Å². The van der Waals surface area contributed by atoms with Gasteiger partial charge in [0.1, 0.15) is 6.61 Å². The van der Waals surface area contributed by atoms with E-state index in [2.05, 4.69) is 10.3 Å². The van der Waals surface area contributed by atoms with Crippen LogP contribution in [0.5, 0.6) is 0 Å². The summed E-state index contributed by atoms with van der Waals surface area (Å²) < 4.78 is 29.3. The number of nitrogens with one attached hydrogen (secondary N) is 1. The topological polar surface area (TPSA) is 60.2 Å². The first-order valence-corrected chi connectivity index (χ1v) is 6.22. The molecular weight excluding hydrogens is 260 g/mol. The summed E-state index contributed by atoms with van der Waals surface area (Å²) in [6, 6.07) is 5.49. The summed E-state index contributed by atoms with van der Waals surface area (Å²) in [6.45, 7) is 0.141. The molecule has 1 aromatic heterocycles. The molecule has 0 spiro atoms. The summed E-state index contributed by atoms with van der Waals surface area (Å²) in [5.41, 5.74) is 7.23. The Morgan fingerprint density at radius 3 is 3.06 bits per heavy atom. The van der Waals surface area contributed by atoms with Crippen LogP contribution in [0.2, 0.25) is 0 Å². The Morgan fingerprint density at radius 1 is 1.44 bits per heavy atom. The Balaban J connectivity index is 1.84. The number of nitrogens with zero attached hydrogens (tertiary/aromatic N) is 1. The Kier molecular flexibility index (Phi) is 4.27. The van der Waals surface area contributed by atoms with E-state index in [1.54, 1.807) is 6.07 Å². The fourth-order valence-corrected chi connectivity index (χ4v) is 2.36. The number of aromatic nitrogens is 1. The zero-order valence-electron chi connectivity index (χ0n) is 9.53. The number of ether oxygens (including phenoxy) is 1. The molecule has 0 atom stereocenters. The van der Waals surface area contributed by atoms with Gasteiger partial charge in [0.15, 0.2) is 5.13 Å². The largest absolute Gasteiger partial charge is 0.399 e. The number of nitrogen functional groups attached to an aromatic ring is 1. The number of rotatable bonds is 6. The van der Waals surface area contributed by atoms with E-state index in [4.69, 9.17) is 10.5 Å². The molecule has 0 bridgehead atoms. The lowest BCUT2D eigenvalue weighted by Gasteiger charge is -2.03. The first kappa shape index (κ1) is 13.0. The van der Waals surface area contributed by atoms with Crippen molar-refractivity contribution in [3.05, 3.63) is 18.2 Å². The van der Waals surface area contributed by atoms with Gasteiger partial charge in [0, 0.05) is 12.2 Å². The van der Waals surface area contributed by atoms with Gasteiger partial charge < -0.3 is 15.8 Å². The van der Waals surface area contributed by atoms with Crippen LogP contribution in [0, 0.1) is 0 Å². The van der Waals surface area contributed by atoms with Gasteiger partial charge in [-0.2, -0.15) is 0 Å². The van der Waals surface area contributed by atoms with Crippen molar-refractivity contribution in [3.8, 4) is 0 Å². The summed E-state index contributed by atoms with van der Waals surface area (Å²) in [5.74, 6) is 0. The van der Waals surface area contributed by atoms with Gasteiger partial charge in [-0.3, -0.25) is 0 Å². The number of hydrogen-bond acceptors (Lipinski definition) is 5. The highest BCUT2D eigenvalue weighted by molar-refractivity contribution is 7.22. The minimum atomic E-state index is -2.42. The number of hydrogen-bond donors (Lipinski definition) is 2. The molecule has 7 heteroatoms. The highest BCUT2D eigenvalue weighted by Gasteiger charge is 2.04. The van der Waals surface area contributed by atoms with E-state index in [1.165, 1.54) is 11.3 Å². The summed E-state index contributed by atoms with van der Waals surface area (Å²) in [7, 11) is 0. The van der Waals surface area contributed by atoms with Crippen LogP contribution in [0.3, 0.4) is 0 Å². The molecule has 0 aliphatic rings. The van der Waals surface area contributed by atoms with Crippen LogP contribution < -0.4 is 11.1 Å². The molecule has 0 aliphatic heterocycles. The van der Waals surface area contributed by atoms with Crippen molar-refractivity contribution in [2.75, 3.05) is 30.8 Å². The molecule has 4 nitrogen and oxygen atoms in total. The molecule has 1 aromatic carbocycles. The van der Waals surface area contributed by atoms with Crippen molar-refractivity contribution in [1.29, 1.82) is 0 Å². The van der Waals surface area contributed by atoms with Gasteiger partial charge in [-0.25, -0.2) is 13.8 Å². The molecule has 18 heavy (non-hydrogen) atoms. The average Bonchev–Trinajstić information content (AvgIpc) is 2.70. The van der Waals surface area contributed by atoms with Crippen LogP contribution in [-0.2, 0) is 4.74 Å². The summed E-state index contributed by atoms with van der Waals surface area (Å²) in [6.07, 6.45) is -2.42. The molecular formula is C11H13F2N3OS. The molecule has 2 rings (SSSR count). The highest BCUT2D eigenvalue weighted by Crippen LogP contribution is 2.27. The Hall–Kier alpha value is -1.47. The van der Waals surface area contributed by atoms with Crippen molar-refractivity contribution in [2.24, 2.45) is 0 Å². The van der Waals surface area contributed by atoms with Crippen molar-refractivity contribution in [3.63, 3.8) is 0 Å². The molecule has 0 saturated heterocycles. The standard InChI is InChI=1S/C11H13F2N3OS/c12-10(13)6-17-4-3-15-11-16-8-2-1-7(14)5-9(8)18-11/h1-2,5,10H,3-4,6,14H2,(H,15,16). The van der Waals surface area contributed by atoms with E-state index in [1.807, 2.05) is 12.1 Å². The zero-order chi connectivity index (χ0) is 13.0. The molecule has 2 aromatic rings. The molecule has 0 radical (unpaired) electrons. The SMILES string of the molecule is Nc1ccc2nc(NCCOCC(F)F)sc2c1. The summed E-state index contributed by atoms with van der Waals surface area (Å²) in [5, 5.41) is 3.76. The Morgan fingerprint density at radius 2 is 2.28 bits per heavy atom. The molecule has 0 amide bonds. The molecule has 1 heterocycles. The molecule has 98 valence electrons. The molecule has 0 aliphatic carbocycles. The highest BCUT2D eigenvalue weighted by atomic mass is 32.1. The molecule has 3 N–H and O–H groups in total. The maximum Gasteiger partial charge on any atom is 0.261 e. The second kappa shape index (κ2) is 5.92. The first-order chi connectivity index (χ1) is 8.65. The second-order valence-electron chi connectivity index (χ2n) is 3.64. The quantitative estimate of drug-likeness (QED) is 0.627. The van der Waals surface area contributed by atoms with Crippen molar-refractivity contribution in [2.45, 2.75) is 6.43 Å². The van der Waals surface area contributed by atoms with Crippen molar-refractivity contribution < 1.29 is 13.5 Å². The predicted molar refractivity (Wildman–Crippen MR) is 69.3 cm³/mol. The van der Waals surface area contributed by atoms with Crippen LogP contribution in [0.25, 0.3) is 10.2 Å². The fourth-order valence-electron chi connectivity index (χ4n) is 1.42. The normalized spacial score (nSPS) is 11.3. The number of alkyl halides is 2. The lowest BCUT2D eigenvalue weighted by Crippen LogP contribution is -2.12. The third-order valence-corrected chi connectivity index (χ3v) is 3.15. The number of anilines is 2. The third kappa shape index (κ3) is 3.51. The van der Waals surface area contributed by atoms with Crippen LogP contribution in [0.15, 0.2) is 18.2 Å². The monoisotopic (exact) mass is 273 g/mol. The Bertz CT molecular complexity index is 518. The van der Waals surface area contributed by atoms with E-state index in [-0.39, 0.29) is 6.61 Å². The minimum absolute atomic E-state index is 0.225. The first-order valence-electron chi connectivity index (χ1n) is 5.41. The Labute approximate surface area is 107 Å². The van der Waals surface area contributed by atoms with Crippen LogP contribution >= 0.6 is 11.3 Å². The minimum Gasteiger partial charge on any atom is -0.399 e. The second-order valence-corrected chi connectivity index (χ2v) is 4.67. The smallest absolute Gasteiger partial charge is 0.261 e. The fraction of sp³-hybridized carbons (Fsp3) is 0.364. The summed E-state index contributed by atoms with van der Waals surface area (Å²) >= 11 is 1.47. The van der Waals surface area contributed by atoms with Crippen molar-refractivity contribution >= 4 is 32.4 Å². The maximum atomic E-state index is 11.8. The lowest BCUT2D eigenvalue weighted by atomic mass is 10.3. The van der Waals surface area contributed by atoms with Crippen LogP contribution in [0.1, 0.15) is 0 Å². The molecule has 0 fully saturated rings. The number of fused-ring (bicyclic) bond motifs is 1. The van der Waals surface area contributed by atoms with Gasteiger partial charge in [0.25, 0.3) is 6.43 Å². The number of benzene rings is 1. The van der Waals surface area contributed by atoms with E-state index in [0.29, 0.717) is 12.2 Å².